The number of carbonyl (C=O) groups excluding carboxylic acids is 1. The molecule has 2 N–H and O–H groups in total. The fraction of sp³-hybridized carbons (Fsp3) is 0.818. The molecule has 0 saturated heterocycles. The zero-order chi connectivity index (χ0) is 11.8. The van der Waals surface area contributed by atoms with Crippen LogP contribution in [0.4, 0.5) is 0 Å². The minimum atomic E-state index is 0.153. The van der Waals surface area contributed by atoms with Crippen LogP contribution in [0.25, 0.3) is 0 Å². The lowest BCUT2D eigenvalue weighted by Crippen LogP contribution is -2.30. The summed E-state index contributed by atoms with van der Waals surface area (Å²) in [5, 5.41) is 0. The van der Waals surface area contributed by atoms with E-state index < -0.39 is 0 Å². The van der Waals surface area contributed by atoms with Crippen molar-refractivity contribution in [2.24, 2.45) is 16.6 Å². The Hall–Kier alpha value is -1.06. The average molecular weight is 213 g/mol. The highest BCUT2D eigenvalue weighted by atomic mass is 16.1. The molecule has 0 aromatic carbocycles. The van der Waals surface area contributed by atoms with E-state index in [-0.39, 0.29) is 5.92 Å². The Labute approximate surface area is 92.5 Å². The summed E-state index contributed by atoms with van der Waals surface area (Å²) >= 11 is 0. The molecular formula is C11H23N3O. The van der Waals surface area contributed by atoms with Crippen LogP contribution in [-0.4, -0.2) is 37.3 Å². The molecule has 15 heavy (non-hydrogen) atoms. The highest BCUT2D eigenvalue weighted by Gasteiger charge is 2.05. The molecule has 4 heteroatoms. The number of Topliss-reactive ketones (excluding diaryl/α,β-unsaturated/α-hetero) is 1. The molecule has 0 aromatic heterocycles. The summed E-state index contributed by atoms with van der Waals surface area (Å²) in [6.45, 7) is 4.57. The van der Waals surface area contributed by atoms with Crippen molar-refractivity contribution in [1.82, 2.24) is 4.90 Å². The van der Waals surface area contributed by atoms with Crippen LogP contribution in [0.3, 0.4) is 0 Å². The third kappa shape index (κ3) is 6.94. The number of ketones is 1. The lowest BCUT2D eigenvalue weighted by Gasteiger charge is -2.10. The number of guanidine groups is 1. The molecule has 0 spiro atoms. The first-order valence-electron chi connectivity index (χ1n) is 5.45. The smallest absolute Gasteiger partial charge is 0.190 e. The largest absolute Gasteiger partial charge is 0.370 e. The van der Waals surface area contributed by atoms with E-state index in [0.717, 1.165) is 12.8 Å². The van der Waals surface area contributed by atoms with Gasteiger partial charge in [-0.2, -0.15) is 0 Å². The first-order valence-corrected chi connectivity index (χ1v) is 5.45. The van der Waals surface area contributed by atoms with Gasteiger partial charge in [-0.3, -0.25) is 9.79 Å². The van der Waals surface area contributed by atoms with Crippen LogP contribution in [0, 0.1) is 5.92 Å². The van der Waals surface area contributed by atoms with Gasteiger partial charge in [-0.15, -0.1) is 0 Å². The molecule has 0 heterocycles. The predicted molar refractivity (Wildman–Crippen MR) is 63.9 cm³/mol. The Bertz CT molecular complexity index is 222. The van der Waals surface area contributed by atoms with E-state index in [0.29, 0.717) is 24.7 Å². The van der Waals surface area contributed by atoms with Gasteiger partial charge in [0.1, 0.15) is 5.78 Å². The van der Waals surface area contributed by atoms with Gasteiger partial charge >= 0.3 is 0 Å². The van der Waals surface area contributed by atoms with Gasteiger partial charge in [0.05, 0.1) is 0 Å². The number of aliphatic imine (C=N–C) groups is 1. The van der Waals surface area contributed by atoms with Gasteiger partial charge in [0.25, 0.3) is 0 Å². The number of unbranched alkanes of at least 4 members (excludes halogenated alkanes) is 1. The molecule has 4 nitrogen and oxygen atoms in total. The summed E-state index contributed by atoms with van der Waals surface area (Å²) in [5.41, 5.74) is 5.62. The monoisotopic (exact) mass is 213 g/mol. The summed E-state index contributed by atoms with van der Waals surface area (Å²) in [6, 6.07) is 0. The third-order valence-corrected chi connectivity index (χ3v) is 2.21. The molecule has 0 aliphatic heterocycles. The van der Waals surface area contributed by atoms with Crippen LogP contribution >= 0.6 is 0 Å². The molecule has 0 amide bonds. The van der Waals surface area contributed by atoms with E-state index in [1.807, 2.05) is 27.9 Å². The maximum Gasteiger partial charge on any atom is 0.190 e. The van der Waals surface area contributed by atoms with Gasteiger partial charge < -0.3 is 10.6 Å². The normalized spacial score (nSPS) is 11.9. The van der Waals surface area contributed by atoms with Crippen LogP contribution in [0.1, 0.15) is 33.1 Å². The molecule has 0 aliphatic rings. The number of hydrogen-bond donors (Lipinski definition) is 1. The Kier molecular flexibility index (Phi) is 6.75. The Morgan fingerprint density at radius 1 is 1.33 bits per heavy atom. The van der Waals surface area contributed by atoms with E-state index in [1.165, 1.54) is 0 Å². The first kappa shape index (κ1) is 13.9. The third-order valence-electron chi connectivity index (χ3n) is 2.21. The van der Waals surface area contributed by atoms with Crippen molar-refractivity contribution >= 4 is 11.7 Å². The van der Waals surface area contributed by atoms with Crippen LogP contribution in [-0.2, 0) is 4.79 Å². The quantitative estimate of drug-likeness (QED) is 0.410. The maximum absolute atomic E-state index is 11.3. The van der Waals surface area contributed by atoms with Gasteiger partial charge in [-0.25, -0.2) is 0 Å². The van der Waals surface area contributed by atoms with E-state index >= 15 is 0 Å². The number of rotatable bonds is 6. The highest BCUT2D eigenvalue weighted by Crippen LogP contribution is 2.04. The number of nitrogens with zero attached hydrogens (tertiary/aromatic N) is 2. The minimum Gasteiger partial charge on any atom is -0.370 e. The van der Waals surface area contributed by atoms with Gasteiger partial charge in [-0.1, -0.05) is 13.8 Å². The zero-order valence-corrected chi connectivity index (χ0v) is 10.3. The standard InChI is InChI=1S/C11H23N3O/c1-9(2)10(15)7-5-6-8-13-11(12)14(3)4/h9H,5-8H2,1-4H3,(H2,12,13). The van der Waals surface area contributed by atoms with Crippen molar-refractivity contribution in [3.8, 4) is 0 Å². The van der Waals surface area contributed by atoms with E-state index in [1.54, 1.807) is 4.90 Å². The molecule has 0 unspecified atom stereocenters. The molecule has 0 bridgehead atoms. The molecule has 0 fully saturated rings. The second-order valence-electron chi connectivity index (χ2n) is 4.21. The Morgan fingerprint density at radius 3 is 2.40 bits per heavy atom. The van der Waals surface area contributed by atoms with Crippen molar-refractivity contribution in [2.75, 3.05) is 20.6 Å². The highest BCUT2D eigenvalue weighted by molar-refractivity contribution is 5.80. The van der Waals surface area contributed by atoms with Gasteiger partial charge in [0, 0.05) is 33.0 Å². The summed E-state index contributed by atoms with van der Waals surface area (Å²) in [6.07, 6.45) is 2.49. The summed E-state index contributed by atoms with van der Waals surface area (Å²) in [4.78, 5) is 17.2. The molecular weight excluding hydrogens is 190 g/mol. The van der Waals surface area contributed by atoms with E-state index in [4.69, 9.17) is 5.73 Å². The Balaban J connectivity index is 3.56. The second kappa shape index (κ2) is 7.26. The summed E-state index contributed by atoms with van der Waals surface area (Å²) in [7, 11) is 3.72. The first-order chi connectivity index (χ1) is 6.95. The van der Waals surface area contributed by atoms with Gasteiger partial charge in [-0.05, 0) is 12.8 Å². The van der Waals surface area contributed by atoms with Crippen LogP contribution in [0.2, 0.25) is 0 Å². The van der Waals surface area contributed by atoms with E-state index in [9.17, 15) is 4.79 Å². The number of carbonyl (C=O) groups is 1. The lowest BCUT2D eigenvalue weighted by molar-refractivity contribution is -0.122. The van der Waals surface area contributed by atoms with E-state index in [2.05, 4.69) is 4.99 Å². The van der Waals surface area contributed by atoms with Crippen LogP contribution in [0.5, 0.6) is 0 Å². The summed E-state index contributed by atoms with van der Waals surface area (Å²) in [5.74, 6) is 1.03. The van der Waals surface area contributed by atoms with Crippen LogP contribution in [0.15, 0.2) is 4.99 Å². The molecule has 0 saturated carbocycles. The number of hydrogen-bond acceptors (Lipinski definition) is 2. The molecule has 0 radical (unpaired) electrons. The lowest BCUT2D eigenvalue weighted by atomic mass is 10.0. The topological polar surface area (TPSA) is 58.7 Å². The zero-order valence-electron chi connectivity index (χ0n) is 10.3. The van der Waals surface area contributed by atoms with Crippen molar-refractivity contribution in [3.05, 3.63) is 0 Å². The fourth-order valence-corrected chi connectivity index (χ4v) is 1.03. The van der Waals surface area contributed by atoms with Crippen molar-refractivity contribution in [2.45, 2.75) is 33.1 Å². The van der Waals surface area contributed by atoms with Crippen molar-refractivity contribution in [1.29, 1.82) is 0 Å². The minimum absolute atomic E-state index is 0.153. The summed E-state index contributed by atoms with van der Waals surface area (Å²) < 4.78 is 0. The van der Waals surface area contributed by atoms with Gasteiger partial charge in [0.2, 0.25) is 0 Å². The van der Waals surface area contributed by atoms with Crippen molar-refractivity contribution in [3.63, 3.8) is 0 Å². The van der Waals surface area contributed by atoms with Crippen LogP contribution < -0.4 is 5.73 Å². The van der Waals surface area contributed by atoms with Gasteiger partial charge in [0.15, 0.2) is 5.96 Å². The second-order valence-corrected chi connectivity index (χ2v) is 4.21. The molecule has 0 aliphatic carbocycles. The van der Waals surface area contributed by atoms with Crippen molar-refractivity contribution < 1.29 is 4.79 Å². The molecule has 88 valence electrons. The SMILES string of the molecule is CC(C)C(=O)CCCCN=C(N)N(C)C. The molecule has 0 atom stereocenters. The maximum atomic E-state index is 11.3. The Morgan fingerprint density at radius 2 is 1.93 bits per heavy atom. The fourth-order valence-electron chi connectivity index (χ4n) is 1.03. The molecule has 0 aromatic rings. The predicted octanol–water partition coefficient (Wildman–Crippen LogP) is 1.26. The average Bonchev–Trinajstić information content (AvgIpc) is 2.16. The number of nitrogens with two attached hydrogens (primary N) is 1. The molecule has 0 rings (SSSR count).